The molecule has 0 saturated heterocycles. The Morgan fingerprint density at radius 3 is 2.65 bits per heavy atom. The van der Waals surface area contributed by atoms with Crippen molar-refractivity contribution in [3.05, 3.63) is 79.8 Å². The van der Waals surface area contributed by atoms with E-state index in [0.717, 1.165) is 15.6 Å². The first-order valence-electron chi connectivity index (χ1n) is 10.7. The summed E-state index contributed by atoms with van der Waals surface area (Å²) in [5.41, 5.74) is 8.10. The van der Waals surface area contributed by atoms with Crippen molar-refractivity contribution in [1.82, 2.24) is 0 Å². The Labute approximate surface area is 212 Å². The van der Waals surface area contributed by atoms with E-state index in [-0.39, 0.29) is 29.3 Å². The highest BCUT2D eigenvalue weighted by Gasteiger charge is 2.43. The summed E-state index contributed by atoms with van der Waals surface area (Å²) in [7, 11) is 1.57. The average Bonchev–Trinajstić information content (AvgIpc) is 2.76. The van der Waals surface area contributed by atoms with E-state index in [4.69, 9.17) is 31.5 Å². The highest BCUT2D eigenvalue weighted by atomic mass is 79.9. The van der Waals surface area contributed by atoms with Gasteiger partial charge in [0.2, 0.25) is 5.88 Å². The number of carbonyl (C=O) groups is 1. The van der Waals surface area contributed by atoms with E-state index < -0.39 is 5.92 Å². The van der Waals surface area contributed by atoms with E-state index in [9.17, 15) is 10.1 Å². The van der Waals surface area contributed by atoms with Gasteiger partial charge < -0.3 is 19.9 Å². The number of methoxy groups -OCH3 is 1. The van der Waals surface area contributed by atoms with Crippen LogP contribution in [0.2, 0.25) is 5.02 Å². The third-order valence-electron chi connectivity index (χ3n) is 5.99. The number of nitrogens with two attached hydrogens (primary N) is 1. The smallest absolute Gasteiger partial charge is 0.205 e. The van der Waals surface area contributed by atoms with Crippen LogP contribution in [0.4, 0.5) is 0 Å². The van der Waals surface area contributed by atoms with Crippen LogP contribution < -0.4 is 15.2 Å². The lowest BCUT2D eigenvalue weighted by atomic mass is 9.70. The Morgan fingerprint density at radius 1 is 1.24 bits per heavy atom. The minimum Gasteiger partial charge on any atom is -0.496 e. The first-order chi connectivity index (χ1) is 16.1. The summed E-state index contributed by atoms with van der Waals surface area (Å²) in [5, 5.41) is 10.4. The molecule has 4 rings (SSSR count). The van der Waals surface area contributed by atoms with Crippen molar-refractivity contribution in [3.63, 3.8) is 0 Å². The Hall–Kier alpha value is -2.95. The van der Waals surface area contributed by atoms with Crippen LogP contribution >= 0.6 is 27.5 Å². The van der Waals surface area contributed by atoms with E-state index in [2.05, 4.69) is 22.0 Å². The fourth-order valence-corrected chi connectivity index (χ4v) is 5.18. The number of allylic oxidation sites excluding steroid dienone is 3. The molecule has 34 heavy (non-hydrogen) atoms. The second kappa shape index (κ2) is 9.36. The SMILES string of the molecule is COc1ccc([C@H]2C(C#N)=C(N)OC3=C2C(=O)CC(C)(C)C3)cc1COc1ccc(Br)cc1Cl. The molecule has 1 heterocycles. The van der Waals surface area contributed by atoms with Gasteiger partial charge in [-0.3, -0.25) is 4.79 Å². The van der Waals surface area contributed by atoms with E-state index in [1.54, 1.807) is 25.3 Å². The van der Waals surface area contributed by atoms with Gasteiger partial charge in [-0.2, -0.15) is 5.26 Å². The average molecular weight is 544 g/mol. The minimum atomic E-state index is -0.613. The molecule has 1 atom stereocenters. The predicted octanol–water partition coefficient (Wildman–Crippen LogP) is 6.14. The summed E-state index contributed by atoms with van der Waals surface area (Å²) < 4.78 is 18.1. The van der Waals surface area contributed by atoms with Crippen molar-refractivity contribution in [3.8, 4) is 17.6 Å². The van der Waals surface area contributed by atoms with E-state index >= 15 is 0 Å². The standard InChI is InChI=1S/C26H24BrClN2O4/c1-26(2)10-19(31)24-22(11-26)34-25(30)17(12-29)23(24)14-4-6-20(32-3)15(8-14)13-33-21-7-5-16(27)9-18(21)28/h4-9,23H,10-11,13,30H2,1-3H3/t23-/m0/s1. The molecule has 2 aromatic rings. The third kappa shape index (κ3) is 4.66. The van der Waals surface area contributed by atoms with Gasteiger partial charge in [0, 0.05) is 28.5 Å². The number of hydrogen-bond donors (Lipinski definition) is 1. The number of nitriles is 1. The molecular formula is C26H24BrClN2O4. The molecule has 6 nitrogen and oxygen atoms in total. The first kappa shape index (κ1) is 24.2. The molecule has 1 aliphatic heterocycles. The van der Waals surface area contributed by atoms with Gasteiger partial charge in [0.05, 0.1) is 18.1 Å². The van der Waals surface area contributed by atoms with Crippen LogP contribution in [0.3, 0.4) is 0 Å². The maximum absolute atomic E-state index is 13.2. The monoisotopic (exact) mass is 542 g/mol. The fraction of sp³-hybridized carbons (Fsp3) is 0.308. The van der Waals surface area contributed by atoms with Crippen molar-refractivity contribution in [2.75, 3.05) is 7.11 Å². The van der Waals surface area contributed by atoms with Gasteiger partial charge in [-0.15, -0.1) is 0 Å². The summed E-state index contributed by atoms with van der Waals surface area (Å²) in [5.74, 6) is 1.07. The van der Waals surface area contributed by atoms with Crippen LogP contribution in [0.25, 0.3) is 0 Å². The van der Waals surface area contributed by atoms with Crippen LogP contribution in [-0.4, -0.2) is 12.9 Å². The van der Waals surface area contributed by atoms with Gasteiger partial charge in [-0.05, 0) is 41.3 Å². The van der Waals surface area contributed by atoms with Gasteiger partial charge >= 0.3 is 0 Å². The molecule has 0 unspecified atom stereocenters. The highest BCUT2D eigenvalue weighted by Crippen LogP contribution is 2.48. The third-order valence-corrected chi connectivity index (χ3v) is 6.78. The van der Waals surface area contributed by atoms with Crippen LogP contribution in [-0.2, 0) is 16.1 Å². The molecular weight excluding hydrogens is 520 g/mol. The molecule has 0 fully saturated rings. The number of ketones is 1. The van der Waals surface area contributed by atoms with Gasteiger partial charge in [-0.25, -0.2) is 0 Å². The molecule has 0 bridgehead atoms. The van der Waals surface area contributed by atoms with Gasteiger partial charge in [0.1, 0.15) is 35.5 Å². The van der Waals surface area contributed by atoms with Crippen LogP contribution in [0.15, 0.2) is 63.7 Å². The molecule has 0 aromatic heterocycles. The predicted molar refractivity (Wildman–Crippen MR) is 132 cm³/mol. The van der Waals surface area contributed by atoms with Gasteiger partial charge in [0.25, 0.3) is 0 Å². The zero-order valence-corrected chi connectivity index (χ0v) is 21.4. The quantitative estimate of drug-likeness (QED) is 0.487. The van der Waals surface area contributed by atoms with Crippen molar-refractivity contribution < 1.29 is 19.0 Å². The normalized spacial score (nSPS) is 19.3. The lowest BCUT2D eigenvalue weighted by molar-refractivity contribution is -0.119. The summed E-state index contributed by atoms with van der Waals surface area (Å²) in [4.78, 5) is 13.2. The molecule has 0 spiro atoms. The molecule has 2 N–H and O–H groups in total. The largest absolute Gasteiger partial charge is 0.496 e. The lowest BCUT2D eigenvalue weighted by Gasteiger charge is -2.37. The summed E-state index contributed by atoms with van der Waals surface area (Å²) in [6.45, 7) is 4.21. The summed E-state index contributed by atoms with van der Waals surface area (Å²) in [6.07, 6.45) is 0.941. The number of hydrogen-bond acceptors (Lipinski definition) is 6. The zero-order valence-electron chi connectivity index (χ0n) is 19.1. The molecule has 1 aliphatic carbocycles. The molecule has 0 amide bonds. The first-order valence-corrected chi connectivity index (χ1v) is 11.9. The number of ether oxygens (including phenoxy) is 3. The Morgan fingerprint density at radius 2 is 1.97 bits per heavy atom. The van der Waals surface area contributed by atoms with Crippen LogP contribution in [0, 0.1) is 16.7 Å². The molecule has 0 radical (unpaired) electrons. The lowest BCUT2D eigenvalue weighted by Crippen LogP contribution is -2.33. The minimum absolute atomic E-state index is 0.0343. The number of rotatable bonds is 5. The Balaban J connectivity index is 1.75. The van der Waals surface area contributed by atoms with Gasteiger partial charge in [-0.1, -0.05) is 47.4 Å². The maximum Gasteiger partial charge on any atom is 0.205 e. The Kier molecular flexibility index (Phi) is 6.66. The van der Waals surface area contributed by atoms with E-state index in [1.165, 1.54) is 0 Å². The van der Waals surface area contributed by atoms with Crippen molar-refractivity contribution in [1.29, 1.82) is 5.26 Å². The highest BCUT2D eigenvalue weighted by molar-refractivity contribution is 9.10. The second-order valence-corrected chi connectivity index (χ2v) is 10.5. The molecule has 2 aromatic carbocycles. The summed E-state index contributed by atoms with van der Waals surface area (Å²) >= 11 is 9.67. The number of nitrogens with zero attached hydrogens (tertiary/aromatic N) is 1. The van der Waals surface area contributed by atoms with Crippen LogP contribution in [0.1, 0.15) is 43.7 Å². The topological polar surface area (TPSA) is 94.6 Å². The summed E-state index contributed by atoms with van der Waals surface area (Å²) in [6, 6.07) is 13.0. The fourth-order valence-electron chi connectivity index (χ4n) is 4.46. The maximum atomic E-state index is 13.2. The second-order valence-electron chi connectivity index (χ2n) is 9.14. The number of benzene rings is 2. The van der Waals surface area contributed by atoms with Gasteiger partial charge in [0.15, 0.2) is 5.78 Å². The van der Waals surface area contributed by atoms with E-state index in [1.807, 2.05) is 32.0 Å². The van der Waals surface area contributed by atoms with Crippen molar-refractivity contribution in [2.45, 2.75) is 39.2 Å². The van der Waals surface area contributed by atoms with Crippen LogP contribution in [0.5, 0.6) is 11.5 Å². The Bertz CT molecular complexity index is 1280. The number of halogens is 2. The molecule has 8 heteroatoms. The molecule has 2 aliphatic rings. The zero-order chi connectivity index (χ0) is 24.6. The number of Topliss-reactive ketones (excluding diaryl/α,β-unsaturated/α-hetero) is 1. The molecule has 0 saturated carbocycles. The van der Waals surface area contributed by atoms with Crippen molar-refractivity contribution in [2.24, 2.45) is 11.1 Å². The van der Waals surface area contributed by atoms with Crippen molar-refractivity contribution >= 4 is 33.3 Å². The van der Waals surface area contributed by atoms with E-state index in [0.29, 0.717) is 40.7 Å². The number of carbonyl (C=O) groups excluding carboxylic acids is 1. The molecule has 176 valence electrons.